The molecule has 3 rings (SSSR count). The number of imidazole rings is 1. The topological polar surface area (TPSA) is 111 Å². The summed E-state index contributed by atoms with van der Waals surface area (Å²) in [5, 5.41) is 12.6. The van der Waals surface area contributed by atoms with Crippen molar-refractivity contribution in [2.24, 2.45) is 0 Å². The molecule has 2 N–H and O–H groups in total. The number of benzene rings is 2. The number of carbonyl (C=O) groups is 3. The Hall–Kier alpha value is -3.65. The van der Waals surface area contributed by atoms with Gasteiger partial charge in [-0.3, -0.25) is 9.59 Å². The summed E-state index contributed by atoms with van der Waals surface area (Å²) in [7, 11) is 1.35. The molecule has 0 saturated heterocycles. The number of hydrogen-bond donors (Lipinski definition) is 2. The molecular formula is C26H28ClN3O5. The van der Waals surface area contributed by atoms with E-state index in [9.17, 15) is 19.5 Å². The van der Waals surface area contributed by atoms with Crippen LogP contribution in [0.2, 0.25) is 5.15 Å². The molecule has 0 unspecified atom stereocenters. The quantitative estimate of drug-likeness (QED) is 0.361. The zero-order chi connectivity index (χ0) is 25.4. The summed E-state index contributed by atoms with van der Waals surface area (Å²) in [6, 6.07) is 13.3. The van der Waals surface area contributed by atoms with Crippen molar-refractivity contribution in [3.05, 3.63) is 81.9 Å². The number of ether oxygens (including phenoxy) is 1. The highest BCUT2D eigenvalue weighted by molar-refractivity contribution is 6.30. The largest absolute Gasteiger partial charge is 0.478 e. The molecule has 3 aromatic rings. The molecule has 0 aliphatic heterocycles. The summed E-state index contributed by atoms with van der Waals surface area (Å²) in [4.78, 5) is 40.2. The predicted molar refractivity (Wildman–Crippen MR) is 133 cm³/mol. The third-order valence-corrected chi connectivity index (χ3v) is 5.98. The Labute approximate surface area is 208 Å². The van der Waals surface area contributed by atoms with E-state index >= 15 is 0 Å². The van der Waals surface area contributed by atoms with Gasteiger partial charge >= 0.3 is 11.9 Å². The van der Waals surface area contributed by atoms with Crippen molar-refractivity contribution < 1.29 is 24.2 Å². The molecule has 0 saturated carbocycles. The zero-order valence-electron chi connectivity index (χ0n) is 19.7. The van der Waals surface area contributed by atoms with E-state index < -0.39 is 11.9 Å². The molecule has 0 atom stereocenters. The molecule has 0 spiro atoms. The summed E-state index contributed by atoms with van der Waals surface area (Å²) in [5.74, 6) is -1.10. The predicted octanol–water partition coefficient (Wildman–Crippen LogP) is 4.98. The maximum absolute atomic E-state index is 12.6. The number of carbonyl (C=O) groups excluding carboxylic acids is 2. The van der Waals surface area contributed by atoms with Crippen molar-refractivity contribution in [1.82, 2.24) is 9.55 Å². The number of hydrogen-bond acceptors (Lipinski definition) is 5. The summed E-state index contributed by atoms with van der Waals surface area (Å²) in [5.41, 5.74) is 2.20. The third-order valence-electron chi connectivity index (χ3n) is 5.55. The number of aryl methyl sites for hydroxylation is 2. The molecule has 184 valence electrons. The van der Waals surface area contributed by atoms with Gasteiger partial charge in [-0.25, -0.2) is 9.78 Å². The highest BCUT2D eigenvalue weighted by Gasteiger charge is 2.18. The Morgan fingerprint density at radius 1 is 1.06 bits per heavy atom. The van der Waals surface area contributed by atoms with E-state index in [2.05, 4.69) is 17.2 Å². The average Bonchev–Trinajstić information content (AvgIpc) is 3.16. The molecule has 0 radical (unpaired) electrons. The van der Waals surface area contributed by atoms with Crippen LogP contribution in [0.15, 0.2) is 48.5 Å². The van der Waals surface area contributed by atoms with Crippen LogP contribution in [0.3, 0.4) is 0 Å². The molecule has 0 aliphatic carbocycles. The van der Waals surface area contributed by atoms with Gasteiger partial charge in [0.1, 0.15) is 11.0 Å². The number of rotatable bonds is 11. The SMILES string of the molecule is CCCCc1nc(CCC(=O)OC)c(Cl)n1Cc1ccc(NC(=O)c2ccccc2C(=O)O)cc1. The first-order valence-corrected chi connectivity index (χ1v) is 11.7. The minimum atomic E-state index is -1.16. The molecule has 8 nitrogen and oxygen atoms in total. The Morgan fingerprint density at radius 3 is 2.37 bits per heavy atom. The van der Waals surface area contributed by atoms with Crippen LogP contribution in [0.25, 0.3) is 0 Å². The first-order valence-electron chi connectivity index (χ1n) is 11.4. The summed E-state index contributed by atoms with van der Waals surface area (Å²) in [6.45, 7) is 2.59. The maximum atomic E-state index is 12.6. The monoisotopic (exact) mass is 497 g/mol. The van der Waals surface area contributed by atoms with Crippen LogP contribution >= 0.6 is 11.6 Å². The van der Waals surface area contributed by atoms with E-state index in [0.717, 1.165) is 30.7 Å². The normalized spacial score (nSPS) is 10.7. The third kappa shape index (κ3) is 6.70. The van der Waals surface area contributed by atoms with Gasteiger partial charge in [-0.05, 0) is 36.2 Å². The van der Waals surface area contributed by atoms with E-state index in [1.807, 2.05) is 16.7 Å². The van der Waals surface area contributed by atoms with Crippen LogP contribution in [0, 0.1) is 0 Å². The Morgan fingerprint density at radius 2 is 1.74 bits per heavy atom. The van der Waals surface area contributed by atoms with Gasteiger partial charge in [0.2, 0.25) is 0 Å². The van der Waals surface area contributed by atoms with Gasteiger partial charge < -0.3 is 19.7 Å². The summed E-state index contributed by atoms with van der Waals surface area (Å²) in [6.07, 6.45) is 3.36. The number of methoxy groups -OCH3 is 1. The second-order valence-electron chi connectivity index (χ2n) is 8.03. The lowest BCUT2D eigenvalue weighted by Gasteiger charge is -2.11. The number of aromatic carboxylic acids is 1. The van der Waals surface area contributed by atoms with E-state index in [1.165, 1.54) is 19.2 Å². The highest BCUT2D eigenvalue weighted by Crippen LogP contribution is 2.23. The van der Waals surface area contributed by atoms with Crippen LogP contribution in [-0.4, -0.2) is 39.6 Å². The molecule has 2 aromatic carbocycles. The molecule has 1 heterocycles. The number of amides is 1. The van der Waals surface area contributed by atoms with Crippen molar-refractivity contribution in [2.75, 3.05) is 12.4 Å². The number of halogens is 1. The minimum Gasteiger partial charge on any atom is -0.478 e. The van der Waals surface area contributed by atoms with Crippen molar-refractivity contribution in [3.8, 4) is 0 Å². The molecule has 0 aliphatic rings. The second-order valence-corrected chi connectivity index (χ2v) is 8.39. The van der Waals surface area contributed by atoms with Gasteiger partial charge in [-0.15, -0.1) is 0 Å². The summed E-state index contributed by atoms with van der Waals surface area (Å²) >= 11 is 6.64. The summed E-state index contributed by atoms with van der Waals surface area (Å²) < 4.78 is 6.66. The minimum absolute atomic E-state index is 0.0565. The van der Waals surface area contributed by atoms with Gasteiger partial charge in [0.15, 0.2) is 0 Å². The number of unbranched alkanes of at least 4 members (excludes halogenated alkanes) is 1. The number of nitrogens with one attached hydrogen (secondary N) is 1. The Bertz CT molecular complexity index is 1200. The van der Waals surface area contributed by atoms with Crippen LogP contribution in [0.4, 0.5) is 5.69 Å². The van der Waals surface area contributed by atoms with Crippen molar-refractivity contribution >= 4 is 35.1 Å². The fraction of sp³-hybridized carbons (Fsp3) is 0.308. The van der Waals surface area contributed by atoms with Crippen molar-refractivity contribution in [2.45, 2.75) is 45.6 Å². The Balaban J connectivity index is 1.75. The molecule has 9 heteroatoms. The Kier molecular flexibility index (Phi) is 9.03. The molecule has 1 aromatic heterocycles. The van der Waals surface area contributed by atoms with Gasteiger partial charge in [0, 0.05) is 18.5 Å². The average molecular weight is 498 g/mol. The van der Waals surface area contributed by atoms with Crippen LogP contribution < -0.4 is 5.32 Å². The molecule has 35 heavy (non-hydrogen) atoms. The fourth-order valence-corrected chi connectivity index (χ4v) is 3.94. The molecule has 0 bridgehead atoms. The standard InChI is InChI=1S/C26H28ClN3O5/c1-3-4-9-22-29-21(14-15-23(31)35-2)24(27)30(22)16-17-10-12-18(13-11-17)28-25(32)19-7-5-6-8-20(19)26(33)34/h5-8,10-13H,3-4,9,14-16H2,1-2H3,(H,28,32)(H,33,34). The number of esters is 1. The maximum Gasteiger partial charge on any atom is 0.336 e. The lowest BCUT2D eigenvalue weighted by atomic mass is 10.1. The highest BCUT2D eigenvalue weighted by atomic mass is 35.5. The van der Waals surface area contributed by atoms with Crippen molar-refractivity contribution in [1.29, 1.82) is 0 Å². The van der Waals surface area contributed by atoms with E-state index in [4.69, 9.17) is 16.3 Å². The number of aromatic nitrogens is 2. The van der Waals surface area contributed by atoms with Crippen LogP contribution in [-0.2, 0) is 28.9 Å². The number of carboxylic acid groups (broad SMARTS) is 1. The number of nitrogens with zero attached hydrogens (tertiary/aromatic N) is 2. The lowest BCUT2D eigenvalue weighted by molar-refractivity contribution is -0.140. The van der Waals surface area contributed by atoms with E-state index in [-0.39, 0.29) is 23.5 Å². The smallest absolute Gasteiger partial charge is 0.336 e. The van der Waals surface area contributed by atoms with Gasteiger partial charge in [-0.2, -0.15) is 0 Å². The van der Waals surface area contributed by atoms with Crippen LogP contribution in [0.1, 0.15) is 64.0 Å². The molecular weight excluding hydrogens is 470 g/mol. The first kappa shape index (κ1) is 26.0. The van der Waals surface area contributed by atoms with Crippen molar-refractivity contribution in [3.63, 3.8) is 0 Å². The fourth-order valence-electron chi connectivity index (χ4n) is 3.64. The van der Waals surface area contributed by atoms with Gasteiger partial charge in [-0.1, -0.05) is 49.2 Å². The lowest BCUT2D eigenvalue weighted by Crippen LogP contribution is -2.16. The van der Waals surface area contributed by atoms with E-state index in [0.29, 0.717) is 29.5 Å². The molecule has 1 amide bonds. The molecule has 0 fully saturated rings. The van der Waals surface area contributed by atoms with Crippen LogP contribution in [0.5, 0.6) is 0 Å². The number of anilines is 1. The zero-order valence-corrected chi connectivity index (χ0v) is 20.5. The van der Waals surface area contributed by atoms with Gasteiger partial charge in [0.05, 0.1) is 36.9 Å². The van der Waals surface area contributed by atoms with Gasteiger partial charge in [0.25, 0.3) is 5.91 Å². The number of carboxylic acids is 1. The van der Waals surface area contributed by atoms with E-state index in [1.54, 1.807) is 24.3 Å². The first-order chi connectivity index (χ1) is 16.8. The second kappa shape index (κ2) is 12.2.